The second kappa shape index (κ2) is 5.21. The number of halogens is 2. The van der Waals surface area contributed by atoms with Crippen LogP contribution in [-0.4, -0.2) is 28.8 Å². The maximum absolute atomic E-state index is 10.3. The van der Waals surface area contributed by atoms with Gasteiger partial charge in [0.25, 0.3) is 0 Å². The van der Waals surface area contributed by atoms with E-state index in [1.807, 2.05) is 0 Å². The highest BCUT2D eigenvalue weighted by Gasteiger charge is 2.12. The van der Waals surface area contributed by atoms with Gasteiger partial charge in [0.05, 0.1) is 16.6 Å². The highest BCUT2D eigenvalue weighted by molar-refractivity contribution is 6.42. The van der Waals surface area contributed by atoms with E-state index in [0.29, 0.717) is 15.7 Å². The predicted molar refractivity (Wildman–Crippen MR) is 58.6 cm³/mol. The predicted octanol–water partition coefficient (Wildman–Crippen LogP) is 1.85. The van der Waals surface area contributed by atoms with Crippen LogP contribution in [0.3, 0.4) is 0 Å². The first-order valence-electron chi connectivity index (χ1n) is 4.10. The molecule has 1 unspecified atom stereocenters. The van der Waals surface area contributed by atoms with E-state index in [2.05, 4.69) is 5.32 Å². The van der Waals surface area contributed by atoms with Gasteiger partial charge in [0.2, 0.25) is 0 Å². The average Bonchev–Trinajstić information content (AvgIpc) is 2.19. The SMILES string of the molecule is O=C(O)C(O)CNc1ccc(Cl)c(Cl)c1. The molecule has 0 saturated heterocycles. The average molecular weight is 250 g/mol. The number of hydrogen-bond donors (Lipinski definition) is 3. The Balaban J connectivity index is 2.58. The molecule has 15 heavy (non-hydrogen) atoms. The summed E-state index contributed by atoms with van der Waals surface area (Å²) in [5, 5.41) is 20.9. The lowest BCUT2D eigenvalue weighted by Gasteiger charge is -2.09. The molecule has 0 fully saturated rings. The van der Waals surface area contributed by atoms with Gasteiger partial charge in [0.15, 0.2) is 6.10 Å². The molecule has 0 heterocycles. The minimum Gasteiger partial charge on any atom is -0.479 e. The molecule has 4 nitrogen and oxygen atoms in total. The van der Waals surface area contributed by atoms with Crippen LogP contribution in [0.2, 0.25) is 10.0 Å². The van der Waals surface area contributed by atoms with E-state index in [9.17, 15) is 4.79 Å². The van der Waals surface area contributed by atoms with Crippen molar-refractivity contribution in [2.75, 3.05) is 11.9 Å². The van der Waals surface area contributed by atoms with E-state index < -0.39 is 12.1 Å². The largest absolute Gasteiger partial charge is 0.479 e. The second-order valence-electron chi connectivity index (χ2n) is 2.86. The van der Waals surface area contributed by atoms with Gasteiger partial charge in [0, 0.05) is 5.69 Å². The molecule has 1 aromatic rings. The number of hydrogen-bond acceptors (Lipinski definition) is 3. The van der Waals surface area contributed by atoms with Gasteiger partial charge in [-0.25, -0.2) is 4.79 Å². The molecule has 1 aromatic carbocycles. The third-order valence-electron chi connectivity index (χ3n) is 1.70. The van der Waals surface area contributed by atoms with Gasteiger partial charge < -0.3 is 15.5 Å². The van der Waals surface area contributed by atoms with Gasteiger partial charge in [-0.2, -0.15) is 0 Å². The van der Waals surface area contributed by atoms with Crippen molar-refractivity contribution in [2.24, 2.45) is 0 Å². The minimum absolute atomic E-state index is 0.0900. The molecule has 0 aliphatic heterocycles. The van der Waals surface area contributed by atoms with Gasteiger partial charge in [0.1, 0.15) is 0 Å². The lowest BCUT2D eigenvalue weighted by atomic mass is 10.3. The molecule has 0 bridgehead atoms. The smallest absolute Gasteiger partial charge is 0.334 e. The van der Waals surface area contributed by atoms with Crippen LogP contribution in [0.25, 0.3) is 0 Å². The number of aliphatic carboxylic acids is 1. The van der Waals surface area contributed by atoms with Crippen LogP contribution >= 0.6 is 23.2 Å². The molecule has 0 aliphatic rings. The Kier molecular flexibility index (Phi) is 4.20. The van der Waals surface area contributed by atoms with E-state index >= 15 is 0 Å². The molecule has 3 N–H and O–H groups in total. The summed E-state index contributed by atoms with van der Waals surface area (Å²) in [6, 6.07) is 4.78. The molecule has 1 rings (SSSR count). The van der Waals surface area contributed by atoms with E-state index in [4.69, 9.17) is 33.4 Å². The number of aliphatic hydroxyl groups is 1. The van der Waals surface area contributed by atoms with Gasteiger partial charge in [-0.1, -0.05) is 23.2 Å². The Labute approximate surface area is 96.4 Å². The Morgan fingerprint density at radius 3 is 2.60 bits per heavy atom. The number of nitrogens with one attached hydrogen (secondary N) is 1. The van der Waals surface area contributed by atoms with Crippen molar-refractivity contribution in [2.45, 2.75) is 6.10 Å². The summed E-state index contributed by atoms with van der Waals surface area (Å²) in [7, 11) is 0. The number of carbonyl (C=O) groups is 1. The summed E-state index contributed by atoms with van der Waals surface area (Å²) in [4.78, 5) is 10.3. The van der Waals surface area contributed by atoms with E-state index in [0.717, 1.165) is 0 Å². The molecule has 0 saturated carbocycles. The Bertz CT molecular complexity index is 370. The molecule has 0 aromatic heterocycles. The lowest BCUT2D eigenvalue weighted by Crippen LogP contribution is -2.28. The first-order chi connectivity index (χ1) is 7.00. The van der Waals surface area contributed by atoms with Crippen molar-refractivity contribution in [3.63, 3.8) is 0 Å². The van der Waals surface area contributed by atoms with Gasteiger partial charge in [-0.15, -0.1) is 0 Å². The van der Waals surface area contributed by atoms with Gasteiger partial charge in [-0.05, 0) is 18.2 Å². The van der Waals surface area contributed by atoms with Gasteiger partial charge in [-0.3, -0.25) is 0 Å². The lowest BCUT2D eigenvalue weighted by molar-refractivity contribution is -0.145. The van der Waals surface area contributed by atoms with Crippen LogP contribution < -0.4 is 5.32 Å². The molecule has 82 valence electrons. The maximum atomic E-state index is 10.3. The first kappa shape index (κ1) is 12.1. The summed E-state index contributed by atoms with van der Waals surface area (Å²) in [6.07, 6.45) is -1.44. The van der Waals surface area contributed by atoms with Crippen LogP contribution in [0.15, 0.2) is 18.2 Å². The zero-order chi connectivity index (χ0) is 11.4. The number of carboxylic acid groups (broad SMARTS) is 1. The molecule has 0 amide bonds. The Hall–Kier alpha value is -0.970. The van der Waals surface area contributed by atoms with Crippen molar-refractivity contribution in [1.29, 1.82) is 0 Å². The summed E-state index contributed by atoms with van der Waals surface area (Å²) in [5.41, 5.74) is 0.602. The fourth-order valence-corrected chi connectivity index (χ4v) is 1.21. The molecule has 0 radical (unpaired) electrons. The molecular formula is C9H9Cl2NO3. The van der Waals surface area contributed by atoms with Crippen LogP contribution in [0.4, 0.5) is 5.69 Å². The third-order valence-corrected chi connectivity index (χ3v) is 2.44. The maximum Gasteiger partial charge on any atom is 0.334 e. The monoisotopic (exact) mass is 249 g/mol. The summed E-state index contributed by atoms with van der Waals surface area (Å²) >= 11 is 11.4. The minimum atomic E-state index is -1.44. The topological polar surface area (TPSA) is 69.6 Å². The van der Waals surface area contributed by atoms with E-state index in [1.54, 1.807) is 18.2 Å². The zero-order valence-corrected chi connectivity index (χ0v) is 9.09. The summed E-state index contributed by atoms with van der Waals surface area (Å²) in [5.74, 6) is -1.28. The van der Waals surface area contributed by atoms with Crippen LogP contribution in [0.1, 0.15) is 0 Å². The molecule has 0 aliphatic carbocycles. The normalized spacial score (nSPS) is 12.2. The standard InChI is InChI=1S/C9H9Cl2NO3/c10-6-2-1-5(3-7(6)11)12-4-8(13)9(14)15/h1-3,8,12-13H,4H2,(H,14,15). The number of rotatable bonds is 4. The molecular weight excluding hydrogens is 241 g/mol. The third kappa shape index (κ3) is 3.58. The van der Waals surface area contributed by atoms with Crippen LogP contribution in [0.5, 0.6) is 0 Å². The number of benzene rings is 1. The quantitative estimate of drug-likeness (QED) is 0.762. The highest BCUT2D eigenvalue weighted by atomic mass is 35.5. The second-order valence-corrected chi connectivity index (χ2v) is 3.68. The summed E-state index contributed by atoms with van der Waals surface area (Å²) in [6.45, 7) is -0.0900. The van der Waals surface area contributed by atoms with E-state index in [1.165, 1.54) is 0 Å². The molecule has 1 atom stereocenters. The zero-order valence-electron chi connectivity index (χ0n) is 7.58. The Morgan fingerprint density at radius 1 is 1.40 bits per heavy atom. The first-order valence-corrected chi connectivity index (χ1v) is 4.86. The molecule has 6 heteroatoms. The Morgan fingerprint density at radius 2 is 2.07 bits per heavy atom. The fraction of sp³-hybridized carbons (Fsp3) is 0.222. The molecule has 0 spiro atoms. The van der Waals surface area contributed by atoms with E-state index in [-0.39, 0.29) is 6.54 Å². The van der Waals surface area contributed by atoms with Crippen LogP contribution in [-0.2, 0) is 4.79 Å². The van der Waals surface area contributed by atoms with Crippen molar-refractivity contribution >= 4 is 34.9 Å². The number of anilines is 1. The van der Waals surface area contributed by atoms with Crippen molar-refractivity contribution in [3.8, 4) is 0 Å². The fourth-order valence-electron chi connectivity index (χ4n) is 0.908. The summed E-state index contributed by atoms with van der Waals surface area (Å²) < 4.78 is 0. The highest BCUT2D eigenvalue weighted by Crippen LogP contribution is 2.24. The van der Waals surface area contributed by atoms with Crippen molar-refractivity contribution in [1.82, 2.24) is 0 Å². The van der Waals surface area contributed by atoms with Crippen molar-refractivity contribution in [3.05, 3.63) is 28.2 Å². The number of carboxylic acids is 1. The van der Waals surface area contributed by atoms with Crippen molar-refractivity contribution < 1.29 is 15.0 Å². The van der Waals surface area contributed by atoms with Crippen LogP contribution in [0, 0.1) is 0 Å². The van der Waals surface area contributed by atoms with Gasteiger partial charge >= 0.3 is 5.97 Å². The number of aliphatic hydroxyl groups excluding tert-OH is 1.